The molecular weight excluding hydrogens is 273 g/mol. The fourth-order valence-corrected chi connectivity index (χ4v) is 1.92. The summed E-state index contributed by atoms with van der Waals surface area (Å²) in [6, 6.07) is 3.79. The van der Waals surface area contributed by atoms with Gasteiger partial charge < -0.3 is 0 Å². The van der Waals surface area contributed by atoms with E-state index in [1.54, 1.807) is 17.1 Å². The number of rotatable bonds is 4. The van der Waals surface area contributed by atoms with Crippen LogP contribution in [0.15, 0.2) is 30.7 Å². The lowest BCUT2D eigenvalue weighted by molar-refractivity contribution is 0.427. The third-order valence-corrected chi connectivity index (χ3v) is 2.85. The summed E-state index contributed by atoms with van der Waals surface area (Å²) < 4.78 is 13.9. The summed E-state index contributed by atoms with van der Waals surface area (Å²) in [5.74, 6) is 0. The summed E-state index contributed by atoms with van der Waals surface area (Å²) in [6.45, 7) is -0.107. The van der Waals surface area contributed by atoms with E-state index in [1.807, 2.05) is 18.3 Å². The van der Waals surface area contributed by atoms with Crippen LogP contribution >= 0.6 is 15.9 Å². The minimum Gasteiger partial charge on any atom is -0.269 e. The number of aryl methyl sites for hydroxylation is 1. The number of hydrogen-bond donors (Lipinski definition) is 0. The molecule has 0 radical (unpaired) electrons. The molecule has 0 unspecified atom stereocenters. The standard InChI is InChI=1S/C11H11BrFN3/c12-7-10-8-16(6-3-13)15-11(10)9-1-4-14-5-2-9/h1-2,4-5,8H,3,6-7H2. The SMILES string of the molecule is FCCn1cc(CBr)c(-c2ccncc2)n1. The first-order valence-corrected chi connectivity index (χ1v) is 6.06. The van der Waals surface area contributed by atoms with Gasteiger partial charge in [-0.25, -0.2) is 4.39 Å². The predicted molar refractivity (Wildman–Crippen MR) is 64.1 cm³/mol. The molecule has 0 aliphatic heterocycles. The van der Waals surface area contributed by atoms with E-state index in [0.717, 1.165) is 16.8 Å². The van der Waals surface area contributed by atoms with Gasteiger partial charge in [-0.2, -0.15) is 5.10 Å². The van der Waals surface area contributed by atoms with E-state index in [2.05, 4.69) is 26.0 Å². The molecule has 2 aromatic heterocycles. The van der Waals surface area contributed by atoms with Crippen LogP contribution in [0.25, 0.3) is 11.3 Å². The number of halogens is 2. The molecule has 0 bridgehead atoms. The second-order valence-electron chi connectivity index (χ2n) is 3.32. The minimum absolute atomic E-state index is 0.297. The summed E-state index contributed by atoms with van der Waals surface area (Å²) in [7, 11) is 0. The van der Waals surface area contributed by atoms with Crippen molar-refractivity contribution in [1.82, 2.24) is 14.8 Å². The number of alkyl halides is 2. The lowest BCUT2D eigenvalue weighted by Crippen LogP contribution is -1.99. The predicted octanol–water partition coefficient (Wildman–Crippen LogP) is 2.81. The fraction of sp³-hybridized carbons (Fsp3) is 0.273. The first-order chi connectivity index (χ1) is 7.85. The Bertz CT molecular complexity index is 456. The zero-order valence-electron chi connectivity index (χ0n) is 8.61. The van der Waals surface area contributed by atoms with E-state index in [1.165, 1.54) is 0 Å². The number of pyridine rings is 1. The van der Waals surface area contributed by atoms with E-state index in [-0.39, 0.29) is 0 Å². The van der Waals surface area contributed by atoms with Crippen LogP contribution in [0.1, 0.15) is 5.56 Å². The fourth-order valence-electron chi connectivity index (χ4n) is 1.51. The van der Waals surface area contributed by atoms with Gasteiger partial charge in [-0.15, -0.1) is 0 Å². The summed E-state index contributed by atoms with van der Waals surface area (Å²) in [4.78, 5) is 3.96. The van der Waals surface area contributed by atoms with Crippen molar-refractivity contribution in [3.05, 3.63) is 36.3 Å². The molecule has 0 fully saturated rings. The molecule has 84 valence electrons. The molecular formula is C11H11BrFN3. The van der Waals surface area contributed by atoms with Crippen LogP contribution in [0.5, 0.6) is 0 Å². The number of hydrogen-bond acceptors (Lipinski definition) is 2. The van der Waals surface area contributed by atoms with Gasteiger partial charge in [-0.3, -0.25) is 9.67 Å². The smallest absolute Gasteiger partial charge is 0.109 e. The van der Waals surface area contributed by atoms with Crippen LogP contribution in [0.3, 0.4) is 0 Å². The lowest BCUT2D eigenvalue weighted by atomic mass is 10.1. The Morgan fingerprint density at radius 1 is 1.31 bits per heavy atom. The summed E-state index contributed by atoms with van der Waals surface area (Å²) in [6.07, 6.45) is 5.31. The van der Waals surface area contributed by atoms with Gasteiger partial charge in [-0.1, -0.05) is 15.9 Å². The van der Waals surface area contributed by atoms with E-state index in [0.29, 0.717) is 11.9 Å². The van der Waals surface area contributed by atoms with E-state index >= 15 is 0 Å². The highest BCUT2D eigenvalue weighted by Gasteiger charge is 2.09. The van der Waals surface area contributed by atoms with Crippen molar-refractivity contribution in [3.8, 4) is 11.3 Å². The Kier molecular flexibility index (Phi) is 3.66. The van der Waals surface area contributed by atoms with Gasteiger partial charge in [0.15, 0.2) is 0 Å². The second kappa shape index (κ2) is 5.21. The largest absolute Gasteiger partial charge is 0.269 e. The molecule has 0 saturated carbocycles. The lowest BCUT2D eigenvalue weighted by Gasteiger charge is -1.98. The van der Waals surface area contributed by atoms with Gasteiger partial charge in [-0.05, 0) is 12.1 Å². The molecule has 0 amide bonds. The molecule has 0 atom stereocenters. The van der Waals surface area contributed by atoms with Crippen LogP contribution in [-0.4, -0.2) is 21.4 Å². The molecule has 2 heterocycles. The number of nitrogens with zero attached hydrogens (tertiary/aromatic N) is 3. The normalized spacial score (nSPS) is 10.6. The third-order valence-electron chi connectivity index (χ3n) is 2.25. The molecule has 0 spiro atoms. The molecule has 5 heteroatoms. The maximum atomic E-state index is 12.2. The average Bonchev–Trinajstić information content (AvgIpc) is 2.74. The van der Waals surface area contributed by atoms with Gasteiger partial charge in [0.2, 0.25) is 0 Å². The topological polar surface area (TPSA) is 30.7 Å². The Balaban J connectivity index is 2.39. The van der Waals surface area contributed by atoms with Crippen LogP contribution in [0, 0.1) is 0 Å². The highest BCUT2D eigenvalue weighted by Crippen LogP contribution is 2.23. The van der Waals surface area contributed by atoms with Crippen molar-refractivity contribution in [2.45, 2.75) is 11.9 Å². The molecule has 0 aliphatic carbocycles. The zero-order chi connectivity index (χ0) is 11.4. The van der Waals surface area contributed by atoms with Crippen molar-refractivity contribution < 1.29 is 4.39 Å². The Labute approximate surface area is 101 Å². The maximum Gasteiger partial charge on any atom is 0.109 e. The summed E-state index contributed by atoms with van der Waals surface area (Å²) in [5.41, 5.74) is 2.94. The molecule has 0 aliphatic rings. The molecule has 16 heavy (non-hydrogen) atoms. The highest BCUT2D eigenvalue weighted by molar-refractivity contribution is 9.08. The monoisotopic (exact) mass is 283 g/mol. The molecule has 0 saturated heterocycles. The van der Waals surface area contributed by atoms with E-state index < -0.39 is 6.67 Å². The van der Waals surface area contributed by atoms with E-state index in [4.69, 9.17) is 0 Å². The molecule has 2 aromatic rings. The van der Waals surface area contributed by atoms with Gasteiger partial charge >= 0.3 is 0 Å². The molecule has 0 N–H and O–H groups in total. The Hall–Kier alpha value is -1.23. The van der Waals surface area contributed by atoms with Crippen molar-refractivity contribution in [2.24, 2.45) is 0 Å². The zero-order valence-corrected chi connectivity index (χ0v) is 10.2. The van der Waals surface area contributed by atoms with E-state index in [9.17, 15) is 4.39 Å². The van der Waals surface area contributed by atoms with Crippen LogP contribution in [0.4, 0.5) is 4.39 Å². The Morgan fingerprint density at radius 2 is 2.06 bits per heavy atom. The first kappa shape index (κ1) is 11.3. The van der Waals surface area contributed by atoms with Gasteiger partial charge in [0.05, 0.1) is 12.2 Å². The third kappa shape index (κ3) is 2.29. The quantitative estimate of drug-likeness (QED) is 0.808. The van der Waals surface area contributed by atoms with Crippen molar-refractivity contribution in [1.29, 1.82) is 0 Å². The van der Waals surface area contributed by atoms with Gasteiger partial charge in [0.1, 0.15) is 6.67 Å². The second-order valence-corrected chi connectivity index (χ2v) is 3.89. The highest BCUT2D eigenvalue weighted by atomic mass is 79.9. The molecule has 2 rings (SSSR count). The summed E-state index contributed by atoms with van der Waals surface area (Å²) >= 11 is 3.41. The van der Waals surface area contributed by atoms with Crippen molar-refractivity contribution >= 4 is 15.9 Å². The van der Waals surface area contributed by atoms with Crippen LogP contribution in [0.2, 0.25) is 0 Å². The average molecular weight is 284 g/mol. The molecule has 3 nitrogen and oxygen atoms in total. The van der Waals surface area contributed by atoms with Crippen molar-refractivity contribution in [2.75, 3.05) is 6.67 Å². The van der Waals surface area contributed by atoms with Gasteiger partial charge in [0, 0.05) is 35.0 Å². The van der Waals surface area contributed by atoms with Crippen molar-refractivity contribution in [3.63, 3.8) is 0 Å². The minimum atomic E-state index is -0.404. The first-order valence-electron chi connectivity index (χ1n) is 4.94. The number of aromatic nitrogens is 3. The van der Waals surface area contributed by atoms with Crippen LogP contribution in [-0.2, 0) is 11.9 Å². The van der Waals surface area contributed by atoms with Crippen LogP contribution < -0.4 is 0 Å². The van der Waals surface area contributed by atoms with Gasteiger partial charge in [0.25, 0.3) is 0 Å². The summed E-state index contributed by atoms with van der Waals surface area (Å²) in [5, 5.41) is 5.07. The maximum absolute atomic E-state index is 12.2. The molecule has 0 aromatic carbocycles. The Morgan fingerprint density at radius 3 is 2.69 bits per heavy atom.